The Kier molecular flexibility index (Phi) is 4.90. The second-order valence-corrected chi connectivity index (χ2v) is 7.86. The third-order valence-corrected chi connectivity index (χ3v) is 4.67. The van der Waals surface area contributed by atoms with Crippen LogP contribution in [0.4, 0.5) is 11.4 Å². The maximum absolute atomic E-state index is 12.3. The van der Waals surface area contributed by atoms with Crippen LogP contribution in [0.5, 0.6) is 0 Å². The van der Waals surface area contributed by atoms with E-state index in [1.54, 1.807) is 33.2 Å². The highest BCUT2D eigenvalue weighted by Gasteiger charge is 2.25. The van der Waals surface area contributed by atoms with Crippen LogP contribution in [0.3, 0.4) is 0 Å². The smallest absolute Gasteiger partial charge is 0.293 e. The monoisotopic (exact) mass is 353 g/mol. The van der Waals surface area contributed by atoms with Crippen molar-refractivity contribution >= 4 is 21.4 Å². The van der Waals surface area contributed by atoms with Crippen LogP contribution < -0.4 is 10.0 Å². The largest absolute Gasteiger partial charge is 0.372 e. The maximum Gasteiger partial charge on any atom is 0.293 e. The lowest BCUT2D eigenvalue weighted by Gasteiger charge is -2.20. The number of aromatic nitrogens is 2. The number of benzene rings is 1. The molecule has 0 amide bonds. The molecule has 0 fully saturated rings. The minimum absolute atomic E-state index is 0.160. The van der Waals surface area contributed by atoms with Gasteiger partial charge in [0.2, 0.25) is 10.0 Å². The molecule has 0 aliphatic rings. The van der Waals surface area contributed by atoms with Crippen LogP contribution >= 0.6 is 0 Å². The lowest BCUT2D eigenvalue weighted by Crippen LogP contribution is -2.40. The number of hydrogen-bond acceptors (Lipinski definition) is 6. The topological polar surface area (TPSA) is 130 Å². The number of sulfonamides is 1. The third-order valence-electron chi connectivity index (χ3n) is 2.92. The first-order valence-corrected chi connectivity index (χ1v) is 8.61. The summed E-state index contributed by atoms with van der Waals surface area (Å²) in [6.07, 6.45) is 3.21. The molecule has 0 saturated carbocycles. The number of nitro benzene ring substituents is 1. The molecular weight excluding hydrogens is 334 g/mol. The first kappa shape index (κ1) is 17.9. The van der Waals surface area contributed by atoms with Crippen molar-refractivity contribution in [3.8, 4) is 0 Å². The van der Waals surface area contributed by atoms with Crippen molar-refractivity contribution in [2.75, 3.05) is 5.32 Å². The Morgan fingerprint density at radius 2 is 2.04 bits per heavy atom. The Hall–Kier alpha value is -2.46. The third kappa shape index (κ3) is 4.52. The van der Waals surface area contributed by atoms with E-state index in [0.29, 0.717) is 5.82 Å². The molecule has 0 saturated heterocycles. The number of rotatable bonds is 6. The molecule has 2 aromatic rings. The van der Waals surface area contributed by atoms with E-state index < -0.39 is 20.5 Å². The van der Waals surface area contributed by atoms with Crippen molar-refractivity contribution in [1.29, 1.82) is 0 Å². The zero-order chi connectivity index (χ0) is 18.0. The van der Waals surface area contributed by atoms with Gasteiger partial charge in [0, 0.05) is 24.0 Å². The predicted molar refractivity (Wildman–Crippen MR) is 89.1 cm³/mol. The average molecular weight is 353 g/mol. The highest BCUT2D eigenvalue weighted by Crippen LogP contribution is 2.28. The van der Waals surface area contributed by atoms with E-state index in [9.17, 15) is 18.5 Å². The fourth-order valence-electron chi connectivity index (χ4n) is 2.01. The lowest BCUT2D eigenvalue weighted by atomic mass is 10.1. The quantitative estimate of drug-likeness (QED) is 0.538. The van der Waals surface area contributed by atoms with Gasteiger partial charge in [0.25, 0.3) is 5.69 Å². The van der Waals surface area contributed by atoms with Crippen LogP contribution in [0, 0.1) is 10.1 Å². The summed E-state index contributed by atoms with van der Waals surface area (Å²) in [5.41, 5.74) is -0.798. The first-order chi connectivity index (χ1) is 11.1. The van der Waals surface area contributed by atoms with E-state index in [1.165, 1.54) is 12.1 Å². The number of aromatic amines is 1. The summed E-state index contributed by atoms with van der Waals surface area (Å²) in [5.74, 6) is 0.607. The van der Waals surface area contributed by atoms with Gasteiger partial charge in [0.05, 0.1) is 16.4 Å². The molecule has 0 spiro atoms. The lowest BCUT2D eigenvalue weighted by molar-refractivity contribution is -0.384. The summed E-state index contributed by atoms with van der Waals surface area (Å²) in [6.45, 7) is 5.33. The van der Waals surface area contributed by atoms with Gasteiger partial charge in [0.1, 0.15) is 11.5 Å². The molecule has 0 unspecified atom stereocenters. The normalized spacial score (nSPS) is 12.1. The van der Waals surface area contributed by atoms with Crippen molar-refractivity contribution in [2.45, 2.75) is 37.8 Å². The number of nitrogens with zero attached hydrogens (tertiary/aromatic N) is 2. The molecule has 1 aromatic carbocycles. The first-order valence-electron chi connectivity index (χ1n) is 7.13. The van der Waals surface area contributed by atoms with Crippen molar-refractivity contribution < 1.29 is 13.3 Å². The molecule has 1 heterocycles. The van der Waals surface area contributed by atoms with E-state index >= 15 is 0 Å². The van der Waals surface area contributed by atoms with Gasteiger partial charge in [-0.2, -0.15) is 0 Å². The van der Waals surface area contributed by atoms with Crippen LogP contribution in [-0.4, -0.2) is 28.8 Å². The van der Waals surface area contributed by atoms with E-state index in [0.717, 1.165) is 6.07 Å². The minimum Gasteiger partial charge on any atom is -0.372 e. The van der Waals surface area contributed by atoms with Crippen molar-refractivity contribution in [3.05, 3.63) is 46.5 Å². The molecule has 0 bridgehead atoms. The fourth-order valence-corrected chi connectivity index (χ4v) is 3.45. The van der Waals surface area contributed by atoms with Gasteiger partial charge in [-0.25, -0.2) is 18.1 Å². The molecule has 0 aliphatic carbocycles. The average Bonchev–Trinajstić information content (AvgIpc) is 2.95. The Morgan fingerprint density at radius 3 is 2.58 bits per heavy atom. The number of H-pyrrole nitrogens is 1. The highest BCUT2D eigenvalue weighted by molar-refractivity contribution is 7.89. The molecule has 130 valence electrons. The molecule has 10 heteroatoms. The summed E-state index contributed by atoms with van der Waals surface area (Å²) in [6, 6.07) is 3.74. The van der Waals surface area contributed by atoms with Crippen LogP contribution in [-0.2, 0) is 16.6 Å². The zero-order valence-corrected chi connectivity index (χ0v) is 14.3. The predicted octanol–water partition coefficient (Wildman–Crippen LogP) is 2.01. The zero-order valence-electron chi connectivity index (χ0n) is 13.5. The number of nitrogens with one attached hydrogen (secondary N) is 3. The van der Waals surface area contributed by atoms with Gasteiger partial charge >= 0.3 is 0 Å². The van der Waals surface area contributed by atoms with Gasteiger partial charge in [-0.3, -0.25) is 10.1 Å². The Morgan fingerprint density at radius 1 is 1.33 bits per heavy atom. The second-order valence-electron chi connectivity index (χ2n) is 6.18. The summed E-state index contributed by atoms with van der Waals surface area (Å²) in [5, 5.41) is 14.1. The van der Waals surface area contributed by atoms with E-state index in [2.05, 4.69) is 20.0 Å². The van der Waals surface area contributed by atoms with Crippen LogP contribution in [0.1, 0.15) is 26.6 Å². The minimum atomic E-state index is -3.85. The standard InChI is InChI=1S/C14H19N5O4S/c1-14(2,3)18-24(22,23)10-4-5-11(12(8-10)19(20)21)17-9-13-15-6-7-16-13/h4-8,17-18H,9H2,1-3H3,(H,15,16). The van der Waals surface area contributed by atoms with Crippen LogP contribution in [0.2, 0.25) is 0 Å². The molecule has 9 nitrogen and oxygen atoms in total. The highest BCUT2D eigenvalue weighted by atomic mass is 32.2. The summed E-state index contributed by atoms with van der Waals surface area (Å²) in [4.78, 5) is 17.4. The summed E-state index contributed by atoms with van der Waals surface area (Å²) in [7, 11) is -3.85. The molecule has 1 aromatic heterocycles. The molecule has 3 N–H and O–H groups in total. The van der Waals surface area contributed by atoms with Crippen LogP contribution in [0.25, 0.3) is 0 Å². The fraction of sp³-hybridized carbons (Fsp3) is 0.357. The Labute approximate surface area is 139 Å². The van der Waals surface area contributed by atoms with E-state index in [1.807, 2.05) is 0 Å². The molecule has 24 heavy (non-hydrogen) atoms. The molecule has 0 aliphatic heterocycles. The second kappa shape index (κ2) is 6.57. The van der Waals surface area contributed by atoms with Gasteiger partial charge in [-0.15, -0.1) is 0 Å². The van der Waals surface area contributed by atoms with Gasteiger partial charge in [-0.05, 0) is 32.9 Å². The van der Waals surface area contributed by atoms with Crippen molar-refractivity contribution in [3.63, 3.8) is 0 Å². The molecular formula is C14H19N5O4S. The number of imidazole rings is 1. The van der Waals surface area contributed by atoms with Crippen molar-refractivity contribution in [1.82, 2.24) is 14.7 Å². The van der Waals surface area contributed by atoms with Crippen LogP contribution in [0.15, 0.2) is 35.5 Å². The van der Waals surface area contributed by atoms with Crippen molar-refractivity contribution in [2.24, 2.45) is 0 Å². The number of nitro groups is 1. The molecule has 0 radical (unpaired) electrons. The van der Waals surface area contributed by atoms with E-state index in [4.69, 9.17) is 0 Å². The Balaban J connectivity index is 2.31. The summed E-state index contributed by atoms with van der Waals surface area (Å²) >= 11 is 0. The van der Waals surface area contributed by atoms with E-state index in [-0.39, 0.29) is 22.8 Å². The van der Waals surface area contributed by atoms with Gasteiger partial charge in [0.15, 0.2) is 0 Å². The molecule has 0 atom stereocenters. The van der Waals surface area contributed by atoms with Gasteiger partial charge < -0.3 is 10.3 Å². The number of hydrogen-bond donors (Lipinski definition) is 3. The maximum atomic E-state index is 12.3. The van der Waals surface area contributed by atoms with Gasteiger partial charge in [-0.1, -0.05) is 0 Å². The SMILES string of the molecule is CC(C)(C)NS(=O)(=O)c1ccc(NCc2ncc[nH]2)c([N+](=O)[O-])c1. The Bertz CT molecular complexity index is 825. The molecule has 2 rings (SSSR count). The number of anilines is 1. The summed E-state index contributed by atoms with van der Waals surface area (Å²) < 4.78 is 27.1.